The molecular weight excluding hydrogens is 278 g/mol. The quantitative estimate of drug-likeness (QED) is 0.643. The first-order valence-corrected chi connectivity index (χ1v) is 7.79. The zero-order chi connectivity index (χ0) is 16.1. The van der Waals surface area contributed by atoms with Crippen LogP contribution >= 0.6 is 0 Å². The number of hydrogen-bond acceptors (Lipinski definition) is 3. The van der Waals surface area contributed by atoms with E-state index in [2.05, 4.69) is 22.0 Å². The molecule has 0 atom stereocenters. The van der Waals surface area contributed by atoms with Crippen molar-refractivity contribution in [1.82, 2.24) is 14.8 Å². The van der Waals surface area contributed by atoms with E-state index in [1.807, 2.05) is 42.6 Å². The average molecular weight is 303 g/mol. The Morgan fingerprint density at radius 3 is 2.82 bits per heavy atom. The Hall–Kier alpha value is -1.95. The highest BCUT2D eigenvalue weighted by Crippen LogP contribution is 2.34. The van der Waals surface area contributed by atoms with Crippen LogP contribution < -0.4 is 10.9 Å². The number of likely N-dealkylation sites (N-methyl/N-ethyl adjacent to an activating group) is 2. The largest absolute Gasteiger partial charge is 0.340 e. The van der Waals surface area contributed by atoms with Gasteiger partial charge in [-0.2, -0.15) is 0 Å². The molecule has 1 aliphatic carbocycles. The molecule has 0 bridgehead atoms. The third kappa shape index (κ3) is 3.62. The highest BCUT2D eigenvalue weighted by atomic mass is 16.1. The fourth-order valence-electron chi connectivity index (χ4n) is 2.37. The molecule has 1 heterocycles. The molecule has 6 heteroatoms. The number of nitrogens with one attached hydrogen (secondary N) is 1. The molecule has 0 unspecified atom stereocenters. The second kappa shape index (κ2) is 7.35. The van der Waals surface area contributed by atoms with Gasteiger partial charge in [-0.1, -0.05) is 0 Å². The number of nitrogens with zero attached hydrogens (tertiary/aromatic N) is 4. The van der Waals surface area contributed by atoms with E-state index >= 15 is 0 Å². The van der Waals surface area contributed by atoms with Crippen molar-refractivity contribution >= 4 is 18.4 Å². The third-order valence-corrected chi connectivity index (χ3v) is 3.93. The number of aliphatic imine (C=N–C) groups is 2. The zero-order valence-electron chi connectivity index (χ0n) is 13.7. The number of guanidine groups is 1. The monoisotopic (exact) mass is 303 g/mol. The summed E-state index contributed by atoms with van der Waals surface area (Å²) in [6, 6.07) is 2.27. The second-order valence-corrected chi connectivity index (χ2v) is 5.52. The minimum absolute atomic E-state index is 0.0467. The van der Waals surface area contributed by atoms with E-state index in [-0.39, 0.29) is 5.56 Å². The lowest BCUT2D eigenvalue weighted by atomic mass is 10.2. The molecule has 0 radical (unpaired) electrons. The summed E-state index contributed by atoms with van der Waals surface area (Å²) >= 11 is 0. The molecule has 0 saturated heterocycles. The Bertz CT molecular complexity index is 615. The Labute approximate surface area is 131 Å². The predicted molar refractivity (Wildman–Crippen MR) is 91.5 cm³/mol. The molecule has 0 amide bonds. The van der Waals surface area contributed by atoms with Crippen LogP contribution in [0.4, 0.5) is 5.69 Å². The first-order chi connectivity index (χ1) is 10.6. The second-order valence-electron chi connectivity index (χ2n) is 5.52. The summed E-state index contributed by atoms with van der Waals surface area (Å²) in [7, 11) is 1.91. The molecular formula is C16H25N5O. The first kappa shape index (κ1) is 16.4. The van der Waals surface area contributed by atoms with Gasteiger partial charge in [0.1, 0.15) is 0 Å². The van der Waals surface area contributed by atoms with Crippen LogP contribution in [-0.2, 0) is 0 Å². The molecule has 0 spiro atoms. The molecule has 1 aromatic rings. The maximum absolute atomic E-state index is 12.4. The van der Waals surface area contributed by atoms with Crippen LogP contribution in [0.15, 0.2) is 27.0 Å². The fraction of sp³-hybridized carbons (Fsp3) is 0.562. The van der Waals surface area contributed by atoms with Crippen LogP contribution in [-0.4, -0.2) is 48.8 Å². The van der Waals surface area contributed by atoms with Crippen molar-refractivity contribution in [3.63, 3.8) is 0 Å². The van der Waals surface area contributed by atoms with Gasteiger partial charge >= 0.3 is 0 Å². The highest BCUT2D eigenvalue weighted by Gasteiger charge is 2.25. The van der Waals surface area contributed by atoms with Crippen molar-refractivity contribution in [1.29, 1.82) is 0 Å². The Balaban J connectivity index is 2.30. The minimum Gasteiger partial charge on any atom is -0.340 e. The van der Waals surface area contributed by atoms with Crippen LogP contribution in [0.1, 0.15) is 31.4 Å². The molecule has 0 aromatic carbocycles. The van der Waals surface area contributed by atoms with Crippen LogP contribution in [0.5, 0.6) is 0 Å². The van der Waals surface area contributed by atoms with Gasteiger partial charge in [-0.05, 0) is 46.5 Å². The van der Waals surface area contributed by atoms with E-state index in [1.54, 1.807) is 0 Å². The predicted octanol–water partition coefficient (Wildman–Crippen LogP) is 1.72. The van der Waals surface area contributed by atoms with Crippen molar-refractivity contribution in [3.05, 3.63) is 28.2 Å². The van der Waals surface area contributed by atoms with Gasteiger partial charge in [0.05, 0.1) is 5.69 Å². The van der Waals surface area contributed by atoms with E-state index in [9.17, 15) is 4.79 Å². The Kier molecular flexibility index (Phi) is 5.49. The smallest absolute Gasteiger partial charge is 0.255 e. The molecule has 1 N–H and O–H groups in total. The van der Waals surface area contributed by atoms with Gasteiger partial charge in [0.15, 0.2) is 0 Å². The fourth-order valence-corrected chi connectivity index (χ4v) is 2.37. The van der Waals surface area contributed by atoms with Crippen molar-refractivity contribution in [2.45, 2.75) is 32.7 Å². The van der Waals surface area contributed by atoms with Gasteiger partial charge in [0.2, 0.25) is 5.96 Å². The molecule has 1 saturated carbocycles. The van der Waals surface area contributed by atoms with Gasteiger partial charge in [0, 0.05) is 37.4 Å². The summed E-state index contributed by atoms with van der Waals surface area (Å²) in [6.45, 7) is 9.91. The lowest BCUT2D eigenvalue weighted by Crippen LogP contribution is -2.35. The summed E-state index contributed by atoms with van der Waals surface area (Å²) in [5.41, 5.74) is 1.39. The lowest BCUT2D eigenvalue weighted by molar-refractivity contribution is 0.433. The number of aromatic nitrogens is 1. The Morgan fingerprint density at radius 1 is 1.55 bits per heavy atom. The van der Waals surface area contributed by atoms with E-state index in [0.717, 1.165) is 32.5 Å². The first-order valence-electron chi connectivity index (χ1n) is 7.79. The van der Waals surface area contributed by atoms with Crippen LogP contribution in [0.2, 0.25) is 0 Å². The summed E-state index contributed by atoms with van der Waals surface area (Å²) in [4.78, 5) is 23.0. The normalized spacial score (nSPS) is 15.0. The maximum Gasteiger partial charge on any atom is 0.255 e. The number of rotatable bonds is 6. The molecule has 0 aliphatic heterocycles. The maximum atomic E-state index is 12.4. The van der Waals surface area contributed by atoms with Gasteiger partial charge in [0.25, 0.3) is 5.56 Å². The summed E-state index contributed by atoms with van der Waals surface area (Å²) in [6.07, 6.45) is 4.03. The summed E-state index contributed by atoms with van der Waals surface area (Å²) in [5.74, 6) is 0.560. The molecule has 1 aliphatic rings. The van der Waals surface area contributed by atoms with E-state index in [4.69, 9.17) is 0 Å². The van der Waals surface area contributed by atoms with Crippen LogP contribution in [0.3, 0.4) is 0 Å². The highest BCUT2D eigenvalue weighted by molar-refractivity contribution is 5.86. The average Bonchev–Trinajstić information content (AvgIpc) is 3.35. The molecule has 2 rings (SSSR count). The topological polar surface area (TPSA) is 62.0 Å². The lowest BCUT2D eigenvalue weighted by Gasteiger charge is -2.21. The SMILES string of the molecule is C=NC(=Nc1ccn(C2CC2)c(=O)c1C)N(CC)CCNC. The van der Waals surface area contributed by atoms with Gasteiger partial charge < -0.3 is 14.8 Å². The van der Waals surface area contributed by atoms with E-state index < -0.39 is 0 Å². The standard InChI is InChI=1S/C16H25N5O/c1-5-20(11-9-17-3)16(18-4)19-14-8-10-21(13-6-7-13)15(22)12(14)2/h8,10,13,17H,4-7,9,11H2,1-3H3. The molecule has 22 heavy (non-hydrogen) atoms. The van der Waals surface area contributed by atoms with E-state index in [1.165, 1.54) is 0 Å². The molecule has 1 fully saturated rings. The van der Waals surface area contributed by atoms with Crippen molar-refractivity contribution in [2.75, 3.05) is 26.7 Å². The molecule has 1 aromatic heterocycles. The van der Waals surface area contributed by atoms with Gasteiger partial charge in [-0.3, -0.25) is 4.79 Å². The van der Waals surface area contributed by atoms with Crippen LogP contribution in [0, 0.1) is 6.92 Å². The minimum atomic E-state index is 0.0467. The van der Waals surface area contributed by atoms with Crippen molar-refractivity contribution in [3.8, 4) is 0 Å². The molecule has 6 nitrogen and oxygen atoms in total. The molecule has 120 valence electrons. The van der Waals surface area contributed by atoms with Gasteiger partial charge in [-0.15, -0.1) is 0 Å². The van der Waals surface area contributed by atoms with E-state index in [0.29, 0.717) is 23.3 Å². The summed E-state index contributed by atoms with van der Waals surface area (Å²) in [5, 5.41) is 3.11. The summed E-state index contributed by atoms with van der Waals surface area (Å²) < 4.78 is 1.81. The third-order valence-electron chi connectivity index (χ3n) is 3.93. The number of hydrogen-bond donors (Lipinski definition) is 1. The van der Waals surface area contributed by atoms with Crippen molar-refractivity contribution in [2.24, 2.45) is 9.98 Å². The van der Waals surface area contributed by atoms with Crippen LogP contribution in [0.25, 0.3) is 0 Å². The zero-order valence-corrected chi connectivity index (χ0v) is 13.7. The Morgan fingerprint density at radius 2 is 2.27 bits per heavy atom. The van der Waals surface area contributed by atoms with Gasteiger partial charge in [-0.25, -0.2) is 9.98 Å². The van der Waals surface area contributed by atoms with Crippen molar-refractivity contribution < 1.29 is 0 Å². The number of pyridine rings is 1.